The van der Waals surface area contributed by atoms with Crippen molar-refractivity contribution < 1.29 is 19.4 Å². The molecule has 2 aromatic carbocycles. The van der Waals surface area contributed by atoms with E-state index in [1.54, 1.807) is 7.05 Å². The predicted molar refractivity (Wildman–Crippen MR) is 108 cm³/mol. The number of fused-ring (bicyclic) bond motifs is 3. The van der Waals surface area contributed by atoms with Gasteiger partial charge in [-0.1, -0.05) is 69.3 Å². The second kappa shape index (κ2) is 7.76. The summed E-state index contributed by atoms with van der Waals surface area (Å²) in [6, 6.07) is 15.6. The molecule has 28 heavy (non-hydrogen) atoms. The molecule has 0 spiro atoms. The normalized spacial score (nSPS) is 15.4. The molecule has 2 N–H and O–H groups in total. The Balaban J connectivity index is 1.83. The first kappa shape index (κ1) is 20.1. The molecule has 148 valence electrons. The van der Waals surface area contributed by atoms with Crippen LogP contribution in [0.2, 0.25) is 0 Å². The summed E-state index contributed by atoms with van der Waals surface area (Å²) in [5.41, 5.74) is 4.06. The molecule has 0 saturated carbocycles. The van der Waals surface area contributed by atoms with Crippen molar-refractivity contribution in [2.45, 2.75) is 32.7 Å². The van der Waals surface area contributed by atoms with Crippen molar-refractivity contribution in [1.29, 1.82) is 0 Å². The van der Waals surface area contributed by atoms with Crippen LogP contribution in [0.3, 0.4) is 0 Å². The minimum absolute atomic E-state index is 0.0894. The first-order valence-electron chi connectivity index (χ1n) is 9.50. The van der Waals surface area contributed by atoms with Gasteiger partial charge in [0.1, 0.15) is 6.61 Å². The van der Waals surface area contributed by atoms with Crippen molar-refractivity contribution >= 4 is 11.9 Å². The summed E-state index contributed by atoms with van der Waals surface area (Å²) < 4.78 is 5.58. The number of rotatable bonds is 6. The highest BCUT2D eigenvalue weighted by molar-refractivity contribution is 5.95. The van der Waals surface area contributed by atoms with E-state index in [-0.39, 0.29) is 12.5 Å². The van der Waals surface area contributed by atoms with Gasteiger partial charge in [0.05, 0.1) is 0 Å². The van der Waals surface area contributed by atoms with E-state index in [9.17, 15) is 14.7 Å². The maximum Gasteiger partial charge on any atom is 0.322 e. The number of nitrogens with one attached hydrogen (secondary N) is 1. The fourth-order valence-electron chi connectivity index (χ4n) is 4.17. The van der Waals surface area contributed by atoms with Gasteiger partial charge in [0, 0.05) is 12.0 Å². The summed E-state index contributed by atoms with van der Waals surface area (Å²) in [5, 5.41) is 12.7. The second-order valence-corrected chi connectivity index (χ2v) is 8.31. The fraction of sp³-hybridized carbons (Fsp3) is 0.391. The number of hydrogen-bond donors (Lipinski definition) is 2. The van der Waals surface area contributed by atoms with Crippen molar-refractivity contribution in [1.82, 2.24) is 5.32 Å². The number of carboxylic acid groups (broad SMARTS) is 1. The van der Waals surface area contributed by atoms with Crippen LogP contribution in [0.15, 0.2) is 48.5 Å². The summed E-state index contributed by atoms with van der Waals surface area (Å²) in [6.45, 7) is 5.83. The van der Waals surface area contributed by atoms with E-state index in [0.717, 1.165) is 22.3 Å². The van der Waals surface area contributed by atoms with Gasteiger partial charge in [-0.2, -0.15) is 0 Å². The molecule has 2 atom stereocenters. The van der Waals surface area contributed by atoms with E-state index in [1.165, 1.54) is 0 Å². The lowest BCUT2D eigenvalue weighted by molar-refractivity contribution is -0.162. The Hall–Kier alpha value is -2.66. The van der Waals surface area contributed by atoms with Crippen LogP contribution in [0.25, 0.3) is 11.1 Å². The smallest absolute Gasteiger partial charge is 0.322 e. The van der Waals surface area contributed by atoms with Crippen LogP contribution in [-0.4, -0.2) is 36.7 Å². The first-order valence-corrected chi connectivity index (χ1v) is 9.50. The molecule has 0 bridgehead atoms. The Morgan fingerprint density at radius 2 is 1.54 bits per heavy atom. The largest absolute Gasteiger partial charge is 0.481 e. The van der Waals surface area contributed by atoms with E-state index >= 15 is 0 Å². The maximum absolute atomic E-state index is 12.8. The molecule has 0 radical (unpaired) electrons. The number of carbonyl (C=O) groups is 2. The zero-order valence-corrected chi connectivity index (χ0v) is 16.7. The van der Waals surface area contributed by atoms with Crippen LogP contribution < -0.4 is 5.32 Å². The quantitative estimate of drug-likeness (QED) is 0.590. The minimum Gasteiger partial charge on any atom is -0.481 e. The van der Waals surface area contributed by atoms with E-state index in [4.69, 9.17) is 4.74 Å². The molecular weight excluding hydrogens is 354 g/mol. The second-order valence-electron chi connectivity index (χ2n) is 8.31. The summed E-state index contributed by atoms with van der Waals surface area (Å²) in [5.74, 6) is -3.24. The van der Waals surface area contributed by atoms with Gasteiger partial charge in [0.25, 0.3) is 0 Å². The number of esters is 1. The lowest BCUT2D eigenvalue weighted by Gasteiger charge is -2.33. The number of benzene rings is 2. The van der Waals surface area contributed by atoms with Crippen molar-refractivity contribution in [3.05, 3.63) is 59.7 Å². The summed E-state index contributed by atoms with van der Waals surface area (Å²) in [7, 11) is 1.67. The molecule has 1 unspecified atom stereocenters. The number of ether oxygens (including phenoxy) is 1. The van der Waals surface area contributed by atoms with E-state index < -0.39 is 29.3 Å². The van der Waals surface area contributed by atoms with Crippen molar-refractivity contribution in [3.63, 3.8) is 0 Å². The van der Waals surface area contributed by atoms with Crippen LogP contribution in [0.5, 0.6) is 0 Å². The standard InChI is InChI=1S/C23H27NO4/c1-23(2,3)20(24-4)19(21(25)26)22(27)28-13-18-16-11-7-5-9-14(16)15-10-6-8-12-17(15)18/h5-12,18-20,24H,13H2,1-4H3,(H,25,26)/t19?,20-/m0/s1. The molecule has 0 heterocycles. The summed E-state index contributed by atoms with van der Waals surface area (Å²) in [6.07, 6.45) is 0. The molecular formula is C23H27NO4. The third-order valence-corrected chi connectivity index (χ3v) is 5.45. The van der Waals surface area contributed by atoms with Crippen molar-refractivity contribution in [2.75, 3.05) is 13.7 Å². The highest BCUT2D eigenvalue weighted by Gasteiger charge is 2.42. The van der Waals surface area contributed by atoms with Crippen LogP contribution in [-0.2, 0) is 14.3 Å². The molecule has 1 aliphatic carbocycles. The highest BCUT2D eigenvalue weighted by atomic mass is 16.5. The molecule has 0 saturated heterocycles. The molecule has 5 nitrogen and oxygen atoms in total. The molecule has 5 heteroatoms. The molecule has 0 aromatic heterocycles. The van der Waals surface area contributed by atoms with Gasteiger partial charge in [-0.15, -0.1) is 0 Å². The molecule has 0 amide bonds. The van der Waals surface area contributed by atoms with Crippen molar-refractivity contribution in [2.24, 2.45) is 11.3 Å². The highest BCUT2D eigenvalue weighted by Crippen LogP contribution is 2.44. The van der Waals surface area contributed by atoms with Gasteiger partial charge in [-0.3, -0.25) is 9.59 Å². The van der Waals surface area contributed by atoms with Gasteiger partial charge >= 0.3 is 11.9 Å². The van der Waals surface area contributed by atoms with Crippen LogP contribution in [0.1, 0.15) is 37.8 Å². The Bertz CT molecular complexity index is 839. The zero-order valence-electron chi connectivity index (χ0n) is 16.7. The average Bonchev–Trinajstić information content (AvgIpc) is 2.96. The minimum atomic E-state index is -1.27. The average molecular weight is 381 g/mol. The lowest BCUT2D eigenvalue weighted by Crippen LogP contribution is -2.51. The molecule has 1 aliphatic rings. The Labute approximate surface area is 165 Å². The van der Waals surface area contributed by atoms with Gasteiger partial charge in [-0.05, 0) is 34.7 Å². The Kier molecular flexibility index (Phi) is 5.57. The Morgan fingerprint density at radius 1 is 1.04 bits per heavy atom. The summed E-state index contributed by atoms with van der Waals surface area (Å²) >= 11 is 0. The number of carboxylic acids is 1. The number of carbonyl (C=O) groups excluding carboxylic acids is 1. The predicted octanol–water partition coefficient (Wildman–Crippen LogP) is 3.68. The number of hydrogen-bond acceptors (Lipinski definition) is 4. The van der Waals surface area contributed by atoms with Gasteiger partial charge < -0.3 is 15.2 Å². The molecule has 2 aromatic rings. The maximum atomic E-state index is 12.8. The monoisotopic (exact) mass is 381 g/mol. The van der Waals surface area contributed by atoms with E-state index in [0.29, 0.717) is 0 Å². The third-order valence-electron chi connectivity index (χ3n) is 5.45. The SMILES string of the molecule is CN[C@@H](C(C(=O)O)C(=O)OCC1c2ccccc2-c2ccccc21)C(C)(C)C. The van der Waals surface area contributed by atoms with E-state index in [2.05, 4.69) is 17.4 Å². The van der Waals surface area contributed by atoms with E-state index in [1.807, 2.05) is 57.2 Å². The lowest BCUT2D eigenvalue weighted by atomic mass is 9.79. The van der Waals surface area contributed by atoms with Crippen molar-refractivity contribution in [3.8, 4) is 11.1 Å². The Morgan fingerprint density at radius 3 is 1.96 bits per heavy atom. The first-order chi connectivity index (χ1) is 13.3. The van der Waals surface area contributed by atoms with Crippen LogP contribution in [0.4, 0.5) is 0 Å². The van der Waals surface area contributed by atoms with Gasteiger partial charge in [0.2, 0.25) is 0 Å². The molecule has 3 rings (SSSR count). The van der Waals surface area contributed by atoms with Crippen LogP contribution >= 0.6 is 0 Å². The molecule has 0 fully saturated rings. The topological polar surface area (TPSA) is 75.6 Å². The fourth-order valence-corrected chi connectivity index (χ4v) is 4.17. The third kappa shape index (κ3) is 3.67. The van der Waals surface area contributed by atoms with Crippen LogP contribution in [0, 0.1) is 11.3 Å². The summed E-state index contributed by atoms with van der Waals surface area (Å²) in [4.78, 5) is 24.6. The zero-order chi connectivity index (χ0) is 20.5. The number of aliphatic carboxylic acids is 1. The van der Waals surface area contributed by atoms with Gasteiger partial charge in [0.15, 0.2) is 5.92 Å². The van der Waals surface area contributed by atoms with Gasteiger partial charge in [-0.25, -0.2) is 0 Å². The molecule has 0 aliphatic heterocycles.